The fraction of sp³-hybridized carbons (Fsp3) is 0.688. The second-order valence-electron chi connectivity index (χ2n) is 6.37. The second kappa shape index (κ2) is 9.10. The maximum absolute atomic E-state index is 12.0. The summed E-state index contributed by atoms with van der Waals surface area (Å²) in [7, 11) is -3.34. The van der Waals surface area contributed by atoms with Crippen LogP contribution in [0.1, 0.15) is 32.3 Å². The third-order valence-corrected chi connectivity index (χ3v) is 5.44. The molecule has 2 rings (SSSR count). The van der Waals surface area contributed by atoms with Gasteiger partial charge in [0.15, 0.2) is 0 Å². The molecule has 0 radical (unpaired) electrons. The summed E-state index contributed by atoms with van der Waals surface area (Å²) in [6.45, 7) is 7.49. The first-order valence-corrected chi connectivity index (χ1v) is 10.3. The zero-order valence-corrected chi connectivity index (χ0v) is 15.8. The number of hydrogen-bond acceptors (Lipinski definition) is 5. The van der Waals surface area contributed by atoms with Crippen molar-refractivity contribution in [3.63, 3.8) is 0 Å². The van der Waals surface area contributed by atoms with Crippen LogP contribution in [-0.2, 0) is 20.5 Å². The van der Waals surface area contributed by atoms with Gasteiger partial charge in [-0.3, -0.25) is 4.90 Å². The van der Waals surface area contributed by atoms with E-state index in [4.69, 9.17) is 16.3 Å². The van der Waals surface area contributed by atoms with E-state index < -0.39 is 10.0 Å². The Kier molecular flexibility index (Phi) is 7.43. The molecule has 0 spiro atoms. The van der Waals surface area contributed by atoms with Crippen LogP contribution in [0.2, 0.25) is 5.15 Å². The number of rotatable bonds is 8. The topological polar surface area (TPSA) is 71.5 Å². The third kappa shape index (κ3) is 7.03. The summed E-state index contributed by atoms with van der Waals surface area (Å²) < 4.78 is 32.4. The third-order valence-electron chi connectivity index (χ3n) is 3.86. The van der Waals surface area contributed by atoms with E-state index >= 15 is 0 Å². The van der Waals surface area contributed by atoms with Crippen molar-refractivity contribution in [3.8, 4) is 0 Å². The molecule has 0 saturated carbocycles. The largest absolute Gasteiger partial charge is 0.373 e. The van der Waals surface area contributed by atoms with Gasteiger partial charge < -0.3 is 4.74 Å². The molecule has 0 aliphatic carbocycles. The van der Waals surface area contributed by atoms with Crippen molar-refractivity contribution in [3.05, 3.63) is 29.0 Å². The Labute approximate surface area is 149 Å². The first-order valence-electron chi connectivity index (χ1n) is 8.29. The first kappa shape index (κ1) is 19.6. The average Bonchev–Trinajstić information content (AvgIpc) is 2.48. The highest BCUT2D eigenvalue weighted by Crippen LogP contribution is 2.11. The molecule has 1 aromatic rings. The average molecular weight is 376 g/mol. The quantitative estimate of drug-likeness (QED) is 0.556. The van der Waals surface area contributed by atoms with Crippen LogP contribution in [0.5, 0.6) is 0 Å². The smallest absolute Gasteiger partial charge is 0.215 e. The van der Waals surface area contributed by atoms with Gasteiger partial charge in [0.1, 0.15) is 5.15 Å². The highest BCUT2D eigenvalue weighted by atomic mass is 35.5. The van der Waals surface area contributed by atoms with Crippen molar-refractivity contribution < 1.29 is 13.2 Å². The van der Waals surface area contributed by atoms with Crippen molar-refractivity contribution in [2.45, 2.75) is 44.6 Å². The first-order chi connectivity index (χ1) is 11.3. The van der Waals surface area contributed by atoms with Crippen LogP contribution in [0.3, 0.4) is 0 Å². The number of halogens is 1. The Morgan fingerprint density at radius 3 is 2.62 bits per heavy atom. The number of morpholine rings is 1. The highest BCUT2D eigenvalue weighted by Gasteiger charge is 2.21. The molecule has 1 aromatic heterocycles. The summed E-state index contributed by atoms with van der Waals surface area (Å²) in [6.07, 6.45) is 3.80. The molecule has 0 bridgehead atoms. The number of sulfonamides is 1. The molecular weight excluding hydrogens is 350 g/mol. The molecule has 2 unspecified atom stereocenters. The maximum atomic E-state index is 12.0. The molecule has 0 aromatic carbocycles. The molecule has 1 aliphatic heterocycles. The van der Waals surface area contributed by atoms with Crippen molar-refractivity contribution in [2.24, 2.45) is 0 Å². The van der Waals surface area contributed by atoms with E-state index in [0.29, 0.717) is 17.3 Å². The van der Waals surface area contributed by atoms with Crippen LogP contribution in [-0.4, -0.2) is 56.7 Å². The van der Waals surface area contributed by atoms with Gasteiger partial charge in [-0.2, -0.15) is 0 Å². The van der Waals surface area contributed by atoms with Gasteiger partial charge in [-0.1, -0.05) is 17.7 Å². The standard InChI is InChI=1S/C16H26ClN3O3S/c1-13-10-20(11-14(2)23-13)8-4-3-7-19-24(21,22)12-15-5-6-16(17)18-9-15/h5-6,9,13-14,19H,3-4,7-8,10-12H2,1-2H3. The molecule has 24 heavy (non-hydrogen) atoms. The van der Waals surface area contributed by atoms with Crippen LogP contribution in [0.15, 0.2) is 18.3 Å². The van der Waals surface area contributed by atoms with Gasteiger partial charge in [-0.25, -0.2) is 18.1 Å². The lowest BCUT2D eigenvalue weighted by atomic mass is 10.2. The monoisotopic (exact) mass is 375 g/mol. The fourth-order valence-corrected chi connectivity index (χ4v) is 4.20. The van der Waals surface area contributed by atoms with Crippen molar-refractivity contribution >= 4 is 21.6 Å². The molecule has 136 valence electrons. The fourth-order valence-electron chi connectivity index (χ4n) is 2.92. The van der Waals surface area contributed by atoms with E-state index in [2.05, 4.69) is 28.5 Å². The van der Waals surface area contributed by atoms with Crippen LogP contribution in [0.25, 0.3) is 0 Å². The summed E-state index contributed by atoms with van der Waals surface area (Å²) in [6, 6.07) is 3.27. The Balaban J connectivity index is 1.65. The summed E-state index contributed by atoms with van der Waals surface area (Å²) >= 11 is 5.70. The Bertz CT molecular complexity index is 599. The molecule has 1 aliphatic rings. The van der Waals surface area contributed by atoms with Gasteiger partial charge >= 0.3 is 0 Å². The molecule has 1 fully saturated rings. The van der Waals surface area contributed by atoms with Gasteiger partial charge in [0, 0.05) is 25.8 Å². The van der Waals surface area contributed by atoms with Gasteiger partial charge in [0.2, 0.25) is 10.0 Å². The van der Waals surface area contributed by atoms with Crippen LogP contribution in [0.4, 0.5) is 0 Å². The minimum atomic E-state index is -3.34. The second-order valence-corrected chi connectivity index (χ2v) is 8.56. The number of aromatic nitrogens is 1. The van der Waals surface area contributed by atoms with E-state index in [1.165, 1.54) is 6.20 Å². The zero-order chi connectivity index (χ0) is 17.6. The van der Waals surface area contributed by atoms with Crippen LogP contribution >= 0.6 is 11.6 Å². The molecule has 1 N–H and O–H groups in total. The van der Waals surface area contributed by atoms with Gasteiger partial charge in [0.25, 0.3) is 0 Å². The lowest BCUT2D eigenvalue weighted by Crippen LogP contribution is -2.45. The number of unbranched alkanes of at least 4 members (excludes halogenated alkanes) is 1. The normalized spacial score (nSPS) is 22.6. The molecule has 6 nitrogen and oxygen atoms in total. The van der Waals surface area contributed by atoms with Crippen molar-refractivity contribution in [2.75, 3.05) is 26.2 Å². The Morgan fingerprint density at radius 2 is 2.00 bits per heavy atom. The lowest BCUT2D eigenvalue weighted by molar-refractivity contribution is -0.0681. The SMILES string of the molecule is CC1CN(CCCCNS(=O)(=O)Cc2ccc(Cl)nc2)CC(C)O1. The van der Waals surface area contributed by atoms with E-state index in [0.717, 1.165) is 32.5 Å². The zero-order valence-electron chi connectivity index (χ0n) is 14.2. The summed E-state index contributed by atoms with van der Waals surface area (Å²) in [5.74, 6) is -0.0737. The van der Waals surface area contributed by atoms with Gasteiger partial charge in [-0.05, 0) is 44.9 Å². The highest BCUT2D eigenvalue weighted by molar-refractivity contribution is 7.88. The number of nitrogens with one attached hydrogen (secondary N) is 1. The molecule has 2 heterocycles. The number of nitrogens with zero attached hydrogens (tertiary/aromatic N) is 2. The number of pyridine rings is 1. The van der Waals surface area contributed by atoms with Crippen LogP contribution in [0, 0.1) is 0 Å². The van der Waals surface area contributed by atoms with E-state index in [1.54, 1.807) is 12.1 Å². The minimum absolute atomic E-state index is 0.0737. The van der Waals surface area contributed by atoms with Gasteiger partial charge in [0.05, 0.1) is 18.0 Å². The predicted octanol–water partition coefficient (Wildman–Crippen LogP) is 2.04. The number of hydrogen-bond donors (Lipinski definition) is 1. The van der Waals surface area contributed by atoms with Gasteiger partial charge in [-0.15, -0.1) is 0 Å². The maximum Gasteiger partial charge on any atom is 0.215 e. The molecule has 8 heteroatoms. The molecule has 2 atom stereocenters. The molecule has 1 saturated heterocycles. The molecule has 0 amide bonds. The van der Waals surface area contributed by atoms with E-state index in [-0.39, 0.29) is 18.0 Å². The van der Waals surface area contributed by atoms with Crippen molar-refractivity contribution in [1.82, 2.24) is 14.6 Å². The predicted molar refractivity (Wildman–Crippen MR) is 95.6 cm³/mol. The molecular formula is C16H26ClN3O3S. The number of ether oxygens (including phenoxy) is 1. The lowest BCUT2D eigenvalue weighted by Gasteiger charge is -2.35. The van der Waals surface area contributed by atoms with Crippen molar-refractivity contribution in [1.29, 1.82) is 0 Å². The summed E-state index contributed by atoms with van der Waals surface area (Å²) in [4.78, 5) is 6.28. The Hall–Kier alpha value is -0.730. The Morgan fingerprint density at radius 1 is 1.29 bits per heavy atom. The van der Waals surface area contributed by atoms with Crippen LogP contribution < -0.4 is 4.72 Å². The van der Waals surface area contributed by atoms with E-state index in [1.807, 2.05) is 0 Å². The summed E-state index contributed by atoms with van der Waals surface area (Å²) in [5, 5.41) is 0.357. The summed E-state index contributed by atoms with van der Waals surface area (Å²) in [5.41, 5.74) is 0.628. The minimum Gasteiger partial charge on any atom is -0.373 e. The van der Waals surface area contributed by atoms with E-state index in [9.17, 15) is 8.42 Å².